The maximum Gasteiger partial charge on any atom is 1.00 e. The number of rotatable bonds is 2. The van der Waals surface area contributed by atoms with E-state index in [0.29, 0.717) is 0 Å². The number of hydrogen-bond acceptors (Lipinski definition) is 6. The van der Waals surface area contributed by atoms with Gasteiger partial charge in [0.1, 0.15) is 6.10 Å². The van der Waals surface area contributed by atoms with Gasteiger partial charge >= 0.3 is 51.4 Å². The van der Waals surface area contributed by atoms with Gasteiger partial charge in [0.05, 0.1) is 18.7 Å². The molecule has 2 atom stereocenters. The molecule has 0 spiro atoms. The predicted octanol–water partition coefficient (Wildman–Crippen LogP) is -5.60. The first-order chi connectivity index (χ1) is 5.57. The number of aliphatic hydroxyl groups is 3. The summed E-state index contributed by atoms with van der Waals surface area (Å²) in [7, 11) is 0. The summed E-state index contributed by atoms with van der Waals surface area (Å²) in [6.45, 7) is -0.711. The summed E-state index contributed by atoms with van der Waals surface area (Å²) in [5.74, 6) is -3.20. The molecule has 68 valence electrons. The van der Waals surface area contributed by atoms with E-state index in [1.807, 2.05) is 0 Å². The van der Waals surface area contributed by atoms with Gasteiger partial charge < -0.3 is 25.2 Å². The van der Waals surface area contributed by atoms with Gasteiger partial charge in [-0.3, -0.25) is 4.79 Å². The normalized spacial score (nSPS) is 23.8. The van der Waals surface area contributed by atoms with Gasteiger partial charge in [-0.05, 0) is 0 Å². The molecule has 0 saturated carbocycles. The molecule has 1 aliphatic rings. The monoisotopic (exact) mass is 214 g/mol. The van der Waals surface area contributed by atoms with Gasteiger partial charge in [-0.1, -0.05) is 0 Å². The van der Waals surface area contributed by atoms with Crippen LogP contribution in [0.2, 0.25) is 0 Å². The molecule has 0 unspecified atom stereocenters. The minimum atomic E-state index is -1.48. The van der Waals surface area contributed by atoms with Crippen LogP contribution in [0.15, 0.2) is 11.7 Å². The molecule has 1 rings (SSSR count). The van der Waals surface area contributed by atoms with Crippen LogP contribution in [0.5, 0.6) is 0 Å². The molecule has 1 aliphatic heterocycles. The molecule has 0 radical (unpaired) electrons. The Morgan fingerprint density at radius 2 is 2.15 bits per heavy atom. The third-order valence-corrected chi connectivity index (χ3v) is 1.46. The van der Waals surface area contributed by atoms with Gasteiger partial charge in [0, 0.05) is 0 Å². The molecule has 0 aromatic heterocycles. The maximum absolute atomic E-state index is 10.8. The average molecular weight is 214 g/mol. The number of carbonyl (C=O) groups is 1. The zero-order valence-corrected chi connectivity index (χ0v) is 10.1. The van der Waals surface area contributed by atoms with Crippen molar-refractivity contribution in [2.75, 3.05) is 6.61 Å². The van der Waals surface area contributed by atoms with E-state index in [4.69, 9.17) is 15.3 Å². The quantitative estimate of drug-likeness (QED) is 0.395. The van der Waals surface area contributed by atoms with Gasteiger partial charge in [-0.2, -0.15) is 0 Å². The van der Waals surface area contributed by atoms with Crippen LogP contribution in [-0.4, -0.2) is 39.9 Å². The van der Waals surface area contributed by atoms with E-state index >= 15 is 0 Å². The molecule has 0 amide bonds. The average Bonchev–Trinajstić information content (AvgIpc) is 2.32. The van der Waals surface area contributed by atoms with Gasteiger partial charge in [0.15, 0.2) is 5.76 Å². The molecule has 0 saturated heterocycles. The van der Waals surface area contributed by atoms with Gasteiger partial charge in [0.25, 0.3) is 0 Å². The Kier molecular flexibility index (Phi) is 5.45. The zero-order valence-electron chi connectivity index (χ0n) is 6.93. The van der Waals surface area contributed by atoms with Gasteiger partial charge in [-0.15, -0.1) is 0 Å². The minimum Gasteiger partial charge on any atom is -0.596 e. The summed E-state index contributed by atoms with van der Waals surface area (Å²) >= 11 is 0. The molecule has 0 aromatic rings. The molecule has 1 heterocycles. The van der Waals surface area contributed by atoms with E-state index in [2.05, 4.69) is 4.74 Å². The SMILES string of the molecule is O=C1C(O)=C([O-])O[C@@H]1[C@@H](O)CO.[K+]. The van der Waals surface area contributed by atoms with E-state index < -0.39 is 36.3 Å². The summed E-state index contributed by atoms with van der Waals surface area (Å²) < 4.78 is 4.25. The van der Waals surface area contributed by atoms with Crippen molar-refractivity contribution in [1.82, 2.24) is 0 Å². The first kappa shape index (κ1) is 13.4. The van der Waals surface area contributed by atoms with Crippen molar-refractivity contribution in [2.45, 2.75) is 12.2 Å². The van der Waals surface area contributed by atoms with Crippen LogP contribution in [0, 0.1) is 0 Å². The molecular formula is C6H7KO6. The van der Waals surface area contributed by atoms with Crippen molar-refractivity contribution in [3.05, 3.63) is 11.7 Å². The number of ketones is 1. The van der Waals surface area contributed by atoms with Crippen LogP contribution >= 0.6 is 0 Å². The smallest absolute Gasteiger partial charge is 0.596 e. The van der Waals surface area contributed by atoms with Gasteiger partial charge in [0.2, 0.25) is 5.78 Å². The maximum atomic E-state index is 10.8. The molecule has 7 heteroatoms. The fourth-order valence-corrected chi connectivity index (χ4v) is 0.809. The second-order valence-corrected chi connectivity index (χ2v) is 2.29. The number of ether oxygens (including phenoxy) is 1. The number of carbonyl (C=O) groups excluding carboxylic acids is 1. The molecule has 3 N–H and O–H groups in total. The topological polar surface area (TPSA) is 110 Å². The van der Waals surface area contributed by atoms with E-state index in [9.17, 15) is 9.90 Å². The van der Waals surface area contributed by atoms with E-state index in [1.165, 1.54) is 0 Å². The van der Waals surface area contributed by atoms with Crippen LogP contribution < -0.4 is 56.5 Å². The first-order valence-electron chi connectivity index (χ1n) is 3.18. The Bertz CT molecular complexity index is 237. The molecular weight excluding hydrogens is 207 g/mol. The van der Waals surface area contributed by atoms with Crippen LogP contribution in [0.3, 0.4) is 0 Å². The van der Waals surface area contributed by atoms with Crippen molar-refractivity contribution in [1.29, 1.82) is 0 Å². The minimum absolute atomic E-state index is 0. The molecule has 0 bridgehead atoms. The summed E-state index contributed by atoms with van der Waals surface area (Å²) in [4.78, 5) is 10.8. The Balaban J connectivity index is 0.00000144. The van der Waals surface area contributed by atoms with Crippen LogP contribution in [-0.2, 0) is 9.53 Å². The number of Topliss-reactive ketones (excluding diaryl/α,β-unsaturated/α-hetero) is 1. The second kappa shape index (κ2) is 5.30. The molecule has 0 fully saturated rings. The Hall–Kier alpha value is 0.366. The van der Waals surface area contributed by atoms with Crippen LogP contribution in [0.4, 0.5) is 0 Å². The summed E-state index contributed by atoms with van der Waals surface area (Å²) in [5, 5.41) is 36.5. The summed E-state index contributed by atoms with van der Waals surface area (Å²) in [6, 6.07) is 0. The standard InChI is InChI=1S/C6H8O6.K/c7-1-2(8)5-3(9)4(10)6(11)12-5;/h2,5,7-8,10-11H,1H2;/q;+1/p-1/t2-,5+;/m0./s1. The largest absolute Gasteiger partial charge is 1.00 e. The number of aliphatic hydroxyl groups excluding tert-OH is 3. The molecule has 6 nitrogen and oxygen atoms in total. The Morgan fingerprint density at radius 3 is 2.46 bits per heavy atom. The van der Waals surface area contributed by atoms with Crippen LogP contribution in [0.1, 0.15) is 0 Å². The number of hydrogen-bond donors (Lipinski definition) is 3. The summed E-state index contributed by atoms with van der Waals surface area (Å²) in [5.41, 5.74) is 0. The van der Waals surface area contributed by atoms with Crippen LogP contribution in [0.25, 0.3) is 0 Å². The fourth-order valence-electron chi connectivity index (χ4n) is 0.809. The molecule has 0 aromatic carbocycles. The van der Waals surface area contributed by atoms with Crippen molar-refractivity contribution >= 4 is 5.78 Å². The Morgan fingerprint density at radius 1 is 1.62 bits per heavy atom. The Labute approximate surface area is 116 Å². The van der Waals surface area contributed by atoms with Crippen molar-refractivity contribution in [2.24, 2.45) is 0 Å². The third kappa shape index (κ3) is 2.66. The first-order valence-corrected chi connectivity index (χ1v) is 3.18. The third-order valence-electron chi connectivity index (χ3n) is 1.46. The zero-order chi connectivity index (χ0) is 9.30. The van der Waals surface area contributed by atoms with E-state index in [0.717, 1.165) is 0 Å². The molecule has 0 aliphatic carbocycles. The fraction of sp³-hybridized carbons (Fsp3) is 0.500. The second-order valence-electron chi connectivity index (χ2n) is 2.29. The van der Waals surface area contributed by atoms with E-state index in [1.54, 1.807) is 0 Å². The van der Waals surface area contributed by atoms with E-state index in [-0.39, 0.29) is 51.4 Å². The van der Waals surface area contributed by atoms with Crippen molar-refractivity contribution < 1.29 is 81.3 Å². The van der Waals surface area contributed by atoms with Crippen molar-refractivity contribution in [3.63, 3.8) is 0 Å². The van der Waals surface area contributed by atoms with Crippen molar-refractivity contribution in [3.8, 4) is 0 Å². The predicted molar refractivity (Wildman–Crippen MR) is 32.6 cm³/mol. The van der Waals surface area contributed by atoms with Gasteiger partial charge in [-0.25, -0.2) is 0 Å². The molecule has 13 heavy (non-hydrogen) atoms. The summed E-state index contributed by atoms with van der Waals surface area (Å²) in [6.07, 6.45) is -2.95.